The summed E-state index contributed by atoms with van der Waals surface area (Å²) in [5.74, 6) is -4.31. The van der Waals surface area contributed by atoms with Crippen LogP contribution in [0.5, 0.6) is 0 Å². The summed E-state index contributed by atoms with van der Waals surface area (Å²) >= 11 is 0. The van der Waals surface area contributed by atoms with E-state index in [1.54, 1.807) is 48.7 Å². The summed E-state index contributed by atoms with van der Waals surface area (Å²) in [6, 6.07) is -0.290. The number of carbonyl (C=O) groups excluding carboxylic acids is 2. The maximum absolute atomic E-state index is 14.4. The highest BCUT2D eigenvalue weighted by atomic mass is 16.7. The summed E-state index contributed by atoms with van der Waals surface area (Å²) in [5, 5.41) is 43.9. The Hall–Kier alpha value is -1.34. The first-order chi connectivity index (χ1) is 26.4. The Morgan fingerprint density at radius 3 is 2.02 bits per heavy atom. The van der Waals surface area contributed by atoms with Crippen LogP contribution in [0, 0.1) is 23.7 Å². The fourth-order valence-corrected chi connectivity index (χ4v) is 9.58. The van der Waals surface area contributed by atoms with E-state index >= 15 is 0 Å². The molecule has 57 heavy (non-hydrogen) atoms. The largest absolute Gasteiger partial charge is 0.459 e. The molecular formula is C42H78N2O13. The first-order valence-corrected chi connectivity index (χ1v) is 21.0. The van der Waals surface area contributed by atoms with Crippen molar-refractivity contribution < 1.29 is 63.2 Å². The fourth-order valence-electron chi connectivity index (χ4n) is 9.58. The van der Waals surface area contributed by atoms with Crippen LogP contribution in [0.25, 0.3) is 0 Å². The molecule has 0 aromatic carbocycles. The third kappa shape index (κ3) is 11.1. The summed E-state index contributed by atoms with van der Waals surface area (Å²) < 4.78 is 45.2. The highest BCUT2D eigenvalue weighted by Crippen LogP contribution is 2.42. The average molecular weight is 819 g/mol. The number of ether oxygens (including phenoxy) is 7. The maximum atomic E-state index is 14.4. The molecule has 334 valence electrons. The van der Waals surface area contributed by atoms with Crippen LogP contribution in [-0.4, -0.2) is 175 Å². The second-order valence-electron chi connectivity index (χ2n) is 18.2. The fraction of sp³-hybridized carbons (Fsp3) is 0.952. The van der Waals surface area contributed by atoms with Crippen molar-refractivity contribution in [3.8, 4) is 0 Å². The van der Waals surface area contributed by atoms with Crippen molar-refractivity contribution >= 4 is 11.8 Å². The van der Waals surface area contributed by atoms with Crippen LogP contribution in [-0.2, 0) is 42.7 Å². The van der Waals surface area contributed by atoms with Gasteiger partial charge in [-0.05, 0) is 88.4 Å². The first-order valence-electron chi connectivity index (χ1n) is 21.0. The van der Waals surface area contributed by atoms with Gasteiger partial charge < -0.3 is 63.4 Å². The van der Waals surface area contributed by atoms with Gasteiger partial charge in [0.15, 0.2) is 12.6 Å². The second kappa shape index (κ2) is 20.5. The zero-order valence-corrected chi connectivity index (χ0v) is 37.5. The van der Waals surface area contributed by atoms with Crippen LogP contribution in [0.3, 0.4) is 0 Å². The highest BCUT2D eigenvalue weighted by Gasteiger charge is 2.54. The molecule has 0 radical (unpaired) electrons. The lowest BCUT2D eigenvalue weighted by Gasteiger charge is -2.51. The normalized spacial score (nSPS) is 45.9. The Morgan fingerprint density at radius 1 is 0.860 bits per heavy atom. The minimum atomic E-state index is -1.96. The van der Waals surface area contributed by atoms with E-state index in [0.717, 1.165) is 6.42 Å². The molecule has 18 atom stereocenters. The van der Waals surface area contributed by atoms with Crippen molar-refractivity contribution in [3.63, 3.8) is 0 Å². The minimum Gasteiger partial charge on any atom is -0.459 e. The zero-order valence-electron chi connectivity index (χ0n) is 37.5. The highest BCUT2D eigenvalue weighted by molar-refractivity contribution is 5.83. The molecule has 0 aromatic rings. The predicted molar refractivity (Wildman–Crippen MR) is 213 cm³/mol. The summed E-state index contributed by atoms with van der Waals surface area (Å²) in [4.78, 5) is 32.8. The molecule has 0 unspecified atom stereocenters. The van der Waals surface area contributed by atoms with Gasteiger partial charge in [0, 0.05) is 57.6 Å². The van der Waals surface area contributed by atoms with E-state index < -0.39 is 95.6 Å². The molecule has 15 nitrogen and oxygen atoms in total. The van der Waals surface area contributed by atoms with Crippen molar-refractivity contribution in [2.75, 3.05) is 48.5 Å². The van der Waals surface area contributed by atoms with E-state index in [4.69, 9.17) is 33.2 Å². The van der Waals surface area contributed by atoms with Gasteiger partial charge in [0.05, 0.1) is 53.7 Å². The molecule has 0 spiro atoms. The number of nitrogens with zero attached hydrogens (tertiary/aromatic N) is 2. The lowest BCUT2D eigenvalue weighted by atomic mass is 9.73. The summed E-state index contributed by atoms with van der Waals surface area (Å²) in [6.45, 7) is 18.2. The molecule has 0 amide bonds. The van der Waals surface area contributed by atoms with Crippen molar-refractivity contribution in [3.05, 3.63) is 0 Å². The molecule has 3 aliphatic heterocycles. The van der Waals surface area contributed by atoms with Gasteiger partial charge in [-0.3, -0.25) is 9.59 Å². The molecule has 0 aromatic heterocycles. The van der Waals surface area contributed by atoms with Crippen molar-refractivity contribution in [1.82, 2.24) is 9.80 Å². The van der Waals surface area contributed by atoms with Gasteiger partial charge in [0.25, 0.3) is 0 Å². The molecule has 0 bridgehead atoms. The number of Topliss-reactive ketones (excluding diaryl/α,β-unsaturated/α-hetero) is 1. The summed E-state index contributed by atoms with van der Waals surface area (Å²) in [6.07, 6.45) is -6.34. The van der Waals surface area contributed by atoms with Crippen LogP contribution in [0.4, 0.5) is 0 Å². The Bertz CT molecular complexity index is 1290. The third-order valence-corrected chi connectivity index (χ3v) is 13.4. The van der Waals surface area contributed by atoms with E-state index in [0.29, 0.717) is 13.0 Å². The Labute approximate surface area is 341 Å². The van der Waals surface area contributed by atoms with E-state index in [1.165, 1.54) is 14.0 Å². The standard InChI is InChI=1S/C42H78N2O13/c1-16-30-42(10,50)35(47)25(4)33(46)23(2)21-41(9,52-15)37(57-39-32(43(11)12)29(20-24(3)53-39)44(13)18-17-19-45)26(5)34(27(6)38(49)55-30)56-31-22-40(8,51-14)36(48)28(7)54-31/h23-32,34-37,39,45,47-48,50H,16-22H2,1-15H3/t23-,24-,25+,26+,27-,28+,29-,30-,31+,32+,34+,35-,36+,37-,39+,40-,41+,42-/m1/s1. The van der Waals surface area contributed by atoms with Crippen molar-refractivity contribution in [2.45, 2.75) is 186 Å². The van der Waals surface area contributed by atoms with E-state index in [-0.39, 0.29) is 49.8 Å². The Morgan fingerprint density at radius 2 is 1.47 bits per heavy atom. The van der Waals surface area contributed by atoms with Gasteiger partial charge in [0.2, 0.25) is 0 Å². The van der Waals surface area contributed by atoms with Gasteiger partial charge in [-0.1, -0.05) is 27.7 Å². The van der Waals surface area contributed by atoms with E-state index in [1.807, 2.05) is 41.9 Å². The number of hydrogen-bond acceptors (Lipinski definition) is 15. The molecule has 3 fully saturated rings. The number of aliphatic hydroxyl groups excluding tert-OH is 3. The van der Waals surface area contributed by atoms with Crippen LogP contribution < -0.4 is 0 Å². The minimum absolute atomic E-state index is 0.0132. The SMILES string of the molecule is CC[C@H]1OC(=O)[C@H](C)[C@@H](O[C@H]2C[C@@](C)(OC)[C@@H](O)[C@H](C)O2)[C@H](C)[C@@H](O[C@@H]2O[C@H](C)C[C@@H](N(C)CCCO)[C@@H]2N(C)C)[C@@](C)(OC)C[C@@H](C)C(=O)[C@H](C)[C@@H](O)[C@]1(C)O. The van der Waals surface area contributed by atoms with Gasteiger partial charge in [-0.15, -0.1) is 0 Å². The monoisotopic (exact) mass is 819 g/mol. The third-order valence-electron chi connectivity index (χ3n) is 13.4. The van der Waals surface area contributed by atoms with E-state index in [9.17, 15) is 30.0 Å². The number of ketones is 1. The number of methoxy groups -OCH3 is 2. The van der Waals surface area contributed by atoms with Gasteiger partial charge >= 0.3 is 5.97 Å². The number of hydrogen-bond donors (Lipinski definition) is 4. The van der Waals surface area contributed by atoms with Gasteiger partial charge in [-0.2, -0.15) is 0 Å². The van der Waals surface area contributed by atoms with Gasteiger partial charge in [0.1, 0.15) is 23.6 Å². The van der Waals surface area contributed by atoms with Crippen LogP contribution in [0.1, 0.15) is 101 Å². The van der Waals surface area contributed by atoms with E-state index in [2.05, 4.69) is 9.80 Å². The number of carbonyl (C=O) groups is 2. The van der Waals surface area contributed by atoms with Crippen molar-refractivity contribution in [2.24, 2.45) is 23.7 Å². The molecule has 3 saturated heterocycles. The average Bonchev–Trinajstić information content (AvgIpc) is 3.16. The maximum Gasteiger partial charge on any atom is 0.311 e. The van der Waals surface area contributed by atoms with Crippen LogP contribution >= 0.6 is 0 Å². The lowest BCUT2D eigenvalue weighted by Crippen LogP contribution is -2.64. The number of aliphatic hydroxyl groups is 4. The number of cyclic esters (lactones) is 1. The predicted octanol–water partition coefficient (Wildman–Crippen LogP) is 2.76. The summed E-state index contributed by atoms with van der Waals surface area (Å²) in [5.41, 5.74) is -4.19. The quantitative estimate of drug-likeness (QED) is 0.211. The number of rotatable bonds is 12. The van der Waals surface area contributed by atoms with Crippen LogP contribution in [0.2, 0.25) is 0 Å². The van der Waals surface area contributed by atoms with Crippen LogP contribution in [0.15, 0.2) is 0 Å². The molecular weight excluding hydrogens is 740 g/mol. The molecule has 0 aliphatic carbocycles. The van der Waals surface area contributed by atoms with Crippen molar-refractivity contribution in [1.29, 1.82) is 0 Å². The second-order valence-corrected chi connectivity index (χ2v) is 18.2. The lowest BCUT2D eigenvalue weighted by molar-refractivity contribution is -0.314. The molecule has 3 heterocycles. The molecule has 0 saturated carbocycles. The number of esters is 1. The zero-order chi connectivity index (χ0) is 43.4. The smallest absolute Gasteiger partial charge is 0.311 e. The topological polar surface area (TPSA) is 186 Å². The number of likely N-dealkylation sites (N-methyl/N-ethyl adjacent to an activating group) is 2. The molecule has 15 heteroatoms. The Balaban J connectivity index is 2.26. The Kier molecular flexibility index (Phi) is 18.0. The first kappa shape index (κ1) is 50.0. The molecule has 3 aliphatic rings. The van der Waals surface area contributed by atoms with Gasteiger partial charge in [-0.25, -0.2) is 0 Å². The molecule has 3 rings (SSSR count). The molecule has 4 N–H and O–H groups in total. The summed E-state index contributed by atoms with van der Waals surface area (Å²) in [7, 11) is 9.05.